The van der Waals surface area contributed by atoms with Gasteiger partial charge in [-0.1, -0.05) is 39.3 Å². The summed E-state index contributed by atoms with van der Waals surface area (Å²) < 4.78 is 7.72. The Morgan fingerprint density at radius 1 is 1.12 bits per heavy atom. The lowest BCUT2D eigenvalue weighted by molar-refractivity contribution is 0.559. The summed E-state index contributed by atoms with van der Waals surface area (Å²) in [7, 11) is 0. The quantitative estimate of drug-likeness (QED) is 0.531. The van der Waals surface area contributed by atoms with Crippen molar-refractivity contribution < 1.29 is 4.42 Å². The molecule has 2 heterocycles. The van der Waals surface area contributed by atoms with Crippen molar-refractivity contribution in [2.45, 2.75) is 6.54 Å². The van der Waals surface area contributed by atoms with Gasteiger partial charge in [-0.2, -0.15) is 0 Å². The summed E-state index contributed by atoms with van der Waals surface area (Å²) >= 11 is 3.44. The van der Waals surface area contributed by atoms with Crippen molar-refractivity contribution in [3.05, 3.63) is 81.4 Å². The SMILES string of the molecule is O=c1cc(-n2cc(CNc3ccccc3)nn2)c2cc(Br)ccc2o1. The van der Waals surface area contributed by atoms with Gasteiger partial charge in [-0.3, -0.25) is 0 Å². The molecule has 6 nitrogen and oxygen atoms in total. The summed E-state index contributed by atoms with van der Waals surface area (Å²) in [6, 6.07) is 16.7. The standard InChI is InChI=1S/C18H13BrN4O2/c19-12-6-7-17-15(8-12)16(9-18(24)25-17)23-11-14(21-22-23)10-20-13-4-2-1-3-5-13/h1-9,11,20H,10H2. The van der Waals surface area contributed by atoms with Crippen molar-refractivity contribution in [1.82, 2.24) is 15.0 Å². The van der Waals surface area contributed by atoms with Crippen LogP contribution in [0.2, 0.25) is 0 Å². The molecule has 0 unspecified atom stereocenters. The molecule has 7 heteroatoms. The molecule has 0 saturated carbocycles. The molecule has 0 amide bonds. The number of hydrogen-bond donors (Lipinski definition) is 1. The average Bonchev–Trinajstić information content (AvgIpc) is 3.09. The van der Waals surface area contributed by atoms with Crippen molar-refractivity contribution in [3.8, 4) is 5.69 Å². The topological polar surface area (TPSA) is 73.0 Å². The molecule has 0 fully saturated rings. The zero-order valence-electron chi connectivity index (χ0n) is 13.0. The molecule has 0 saturated heterocycles. The van der Waals surface area contributed by atoms with Crippen LogP contribution in [0.25, 0.3) is 16.7 Å². The summed E-state index contributed by atoms with van der Waals surface area (Å²) in [5.41, 5.74) is 2.48. The normalized spacial score (nSPS) is 10.9. The van der Waals surface area contributed by atoms with Gasteiger partial charge in [-0.25, -0.2) is 9.48 Å². The zero-order valence-corrected chi connectivity index (χ0v) is 14.6. The maximum absolute atomic E-state index is 11.8. The van der Waals surface area contributed by atoms with Gasteiger partial charge in [-0.05, 0) is 30.3 Å². The maximum Gasteiger partial charge on any atom is 0.338 e. The van der Waals surface area contributed by atoms with Gasteiger partial charge in [0.15, 0.2) is 0 Å². The van der Waals surface area contributed by atoms with Crippen LogP contribution in [-0.2, 0) is 6.54 Å². The van der Waals surface area contributed by atoms with Crippen LogP contribution in [0, 0.1) is 0 Å². The summed E-state index contributed by atoms with van der Waals surface area (Å²) in [6.07, 6.45) is 1.80. The second-order valence-electron chi connectivity index (χ2n) is 5.47. The highest BCUT2D eigenvalue weighted by Gasteiger charge is 2.10. The fourth-order valence-electron chi connectivity index (χ4n) is 2.55. The molecule has 0 radical (unpaired) electrons. The van der Waals surface area contributed by atoms with Gasteiger partial charge in [0.1, 0.15) is 11.3 Å². The first-order valence-corrected chi connectivity index (χ1v) is 8.42. The first-order valence-electron chi connectivity index (χ1n) is 7.63. The van der Waals surface area contributed by atoms with Gasteiger partial charge in [0, 0.05) is 15.5 Å². The number of fused-ring (bicyclic) bond motifs is 1. The molecule has 0 atom stereocenters. The maximum atomic E-state index is 11.8. The van der Waals surface area contributed by atoms with Crippen LogP contribution in [0.4, 0.5) is 5.69 Å². The Bertz CT molecular complexity index is 1090. The molecule has 0 aliphatic carbocycles. The van der Waals surface area contributed by atoms with E-state index in [2.05, 4.69) is 31.6 Å². The molecule has 2 aromatic heterocycles. The molecular formula is C18H13BrN4O2. The molecule has 0 bridgehead atoms. The van der Waals surface area contributed by atoms with Crippen molar-refractivity contribution in [2.24, 2.45) is 0 Å². The molecule has 0 aliphatic heterocycles. The molecule has 0 spiro atoms. The van der Waals surface area contributed by atoms with Crippen LogP contribution in [0.3, 0.4) is 0 Å². The summed E-state index contributed by atoms with van der Waals surface area (Å²) in [5, 5.41) is 12.4. The van der Waals surface area contributed by atoms with E-state index >= 15 is 0 Å². The molecular weight excluding hydrogens is 384 g/mol. The lowest BCUT2D eigenvalue weighted by atomic mass is 10.2. The molecule has 124 valence electrons. The second-order valence-corrected chi connectivity index (χ2v) is 6.38. The average molecular weight is 397 g/mol. The van der Waals surface area contributed by atoms with Crippen LogP contribution in [-0.4, -0.2) is 15.0 Å². The van der Waals surface area contributed by atoms with E-state index in [1.54, 1.807) is 16.9 Å². The van der Waals surface area contributed by atoms with E-state index in [1.165, 1.54) is 6.07 Å². The Balaban J connectivity index is 1.67. The lowest BCUT2D eigenvalue weighted by Gasteiger charge is -2.05. The lowest BCUT2D eigenvalue weighted by Crippen LogP contribution is -2.04. The Kier molecular flexibility index (Phi) is 4.07. The monoisotopic (exact) mass is 396 g/mol. The Hall–Kier alpha value is -2.93. The fourth-order valence-corrected chi connectivity index (χ4v) is 2.91. The molecule has 2 aromatic carbocycles. The van der Waals surface area contributed by atoms with Gasteiger partial charge in [0.05, 0.1) is 24.5 Å². The van der Waals surface area contributed by atoms with E-state index in [-0.39, 0.29) is 0 Å². The van der Waals surface area contributed by atoms with E-state index in [1.807, 2.05) is 42.5 Å². The van der Waals surface area contributed by atoms with Crippen molar-refractivity contribution in [2.75, 3.05) is 5.32 Å². The van der Waals surface area contributed by atoms with E-state index < -0.39 is 5.63 Å². The van der Waals surface area contributed by atoms with Gasteiger partial charge in [0.25, 0.3) is 0 Å². The van der Waals surface area contributed by atoms with Crippen molar-refractivity contribution in [1.29, 1.82) is 0 Å². The molecule has 4 rings (SSSR count). The third kappa shape index (κ3) is 3.32. The Morgan fingerprint density at radius 3 is 2.80 bits per heavy atom. The van der Waals surface area contributed by atoms with E-state index in [9.17, 15) is 4.79 Å². The van der Waals surface area contributed by atoms with Gasteiger partial charge < -0.3 is 9.73 Å². The predicted octanol–water partition coefficient (Wildman–Crippen LogP) is 3.75. The van der Waals surface area contributed by atoms with Crippen molar-refractivity contribution >= 4 is 32.6 Å². The number of rotatable bonds is 4. The summed E-state index contributed by atoms with van der Waals surface area (Å²) in [6.45, 7) is 0.535. The first-order chi connectivity index (χ1) is 12.2. The largest absolute Gasteiger partial charge is 0.423 e. The Labute approximate surface area is 151 Å². The van der Waals surface area contributed by atoms with E-state index in [0.29, 0.717) is 17.8 Å². The third-order valence-electron chi connectivity index (χ3n) is 3.72. The highest BCUT2D eigenvalue weighted by atomic mass is 79.9. The smallest absolute Gasteiger partial charge is 0.338 e. The van der Waals surface area contributed by atoms with Crippen LogP contribution in [0.5, 0.6) is 0 Å². The Morgan fingerprint density at radius 2 is 1.96 bits per heavy atom. The number of para-hydroxylation sites is 1. The number of halogens is 1. The van der Waals surface area contributed by atoms with Gasteiger partial charge in [0.2, 0.25) is 0 Å². The minimum absolute atomic E-state index is 0.427. The van der Waals surface area contributed by atoms with Gasteiger partial charge in [-0.15, -0.1) is 5.10 Å². The minimum Gasteiger partial charge on any atom is -0.423 e. The number of nitrogens with zero attached hydrogens (tertiary/aromatic N) is 3. The fraction of sp³-hybridized carbons (Fsp3) is 0.0556. The van der Waals surface area contributed by atoms with Crippen LogP contribution in [0.1, 0.15) is 5.69 Å². The molecule has 4 aromatic rings. The third-order valence-corrected chi connectivity index (χ3v) is 4.21. The zero-order chi connectivity index (χ0) is 17.2. The second kappa shape index (κ2) is 6.52. The molecule has 1 N–H and O–H groups in total. The van der Waals surface area contributed by atoms with E-state index in [0.717, 1.165) is 21.2 Å². The number of anilines is 1. The predicted molar refractivity (Wildman–Crippen MR) is 98.9 cm³/mol. The number of aromatic nitrogens is 3. The number of benzene rings is 2. The molecule has 25 heavy (non-hydrogen) atoms. The minimum atomic E-state index is -0.427. The van der Waals surface area contributed by atoms with Crippen LogP contribution >= 0.6 is 15.9 Å². The van der Waals surface area contributed by atoms with Crippen LogP contribution < -0.4 is 10.9 Å². The molecule has 0 aliphatic rings. The first kappa shape index (κ1) is 15.6. The number of hydrogen-bond acceptors (Lipinski definition) is 5. The van der Waals surface area contributed by atoms with Gasteiger partial charge >= 0.3 is 5.63 Å². The van der Waals surface area contributed by atoms with Crippen LogP contribution in [0.15, 0.2) is 74.5 Å². The number of nitrogens with one attached hydrogen (secondary N) is 1. The summed E-state index contributed by atoms with van der Waals surface area (Å²) in [5.74, 6) is 0. The summed E-state index contributed by atoms with van der Waals surface area (Å²) in [4.78, 5) is 11.8. The highest BCUT2D eigenvalue weighted by Crippen LogP contribution is 2.24. The highest BCUT2D eigenvalue weighted by molar-refractivity contribution is 9.10. The van der Waals surface area contributed by atoms with Crippen molar-refractivity contribution in [3.63, 3.8) is 0 Å². The van der Waals surface area contributed by atoms with E-state index in [4.69, 9.17) is 4.42 Å².